The molecule has 0 radical (unpaired) electrons. The smallest absolute Gasteiger partial charge is 0.112 e. The topological polar surface area (TPSA) is 9.23 Å². The lowest BCUT2D eigenvalue weighted by Gasteiger charge is -2.11. The Morgan fingerprint density at radius 2 is 1.79 bits per heavy atom. The highest BCUT2D eigenvalue weighted by Crippen LogP contribution is 2.13. The molecule has 108 valence electrons. The van der Waals surface area contributed by atoms with Crippen molar-refractivity contribution in [3.63, 3.8) is 0 Å². The van der Waals surface area contributed by atoms with E-state index in [9.17, 15) is 0 Å². The fourth-order valence-corrected chi connectivity index (χ4v) is 2.61. The standard InChI is InChI=1S/C17H27BrO/c1-2-3-6-14-17(18)19-15-10-5-9-13-16-11-7-4-8-12-16/h4,7-8,11-12,17H,2-3,5-6,9-10,13-15H2,1H3. The monoisotopic (exact) mass is 326 g/mol. The zero-order valence-electron chi connectivity index (χ0n) is 12.1. The van der Waals surface area contributed by atoms with Crippen molar-refractivity contribution in [2.24, 2.45) is 0 Å². The summed E-state index contributed by atoms with van der Waals surface area (Å²) < 4.78 is 5.76. The average Bonchev–Trinajstić information content (AvgIpc) is 2.44. The van der Waals surface area contributed by atoms with Gasteiger partial charge in [-0.3, -0.25) is 0 Å². The highest BCUT2D eigenvalue weighted by molar-refractivity contribution is 9.09. The first-order valence-corrected chi connectivity index (χ1v) is 8.54. The molecule has 0 fully saturated rings. The van der Waals surface area contributed by atoms with Gasteiger partial charge in [0.2, 0.25) is 0 Å². The second-order valence-electron chi connectivity index (χ2n) is 5.07. The maximum Gasteiger partial charge on any atom is 0.112 e. The van der Waals surface area contributed by atoms with Gasteiger partial charge in [0.1, 0.15) is 5.01 Å². The largest absolute Gasteiger partial charge is 0.367 e. The van der Waals surface area contributed by atoms with Gasteiger partial charge in [0.25, 0.3) is 0 Å². The molecule has 1 nitrogen and oxygen atoms in total. The Balaban J connectivity index is 1.91. The van der Waals surface area contributed by atoms with E-state index in [0.717, 1.165) is 13.0 Å². The van der Waals surface area contributed by atoms with Gasteiger partial charge in [0, 0.05) is 6.61 Å². The first-order valence-electron chi connectivity index (χ1n) is 7.62. The molecule has 0 saturated heterocycles. The van der Waals surface area contributed by atoms with Crippen LogP contribution in [-0.4, -0.2) is 11.6 Å². The normalized spacial score (nSPS) is 12.5. The number of halogens is 1. The van der Waals surface area contributed by atoms with Crippen LogP contribution in [0.3, 0.4) is 0 Å². The summed E-state index contributed by atoms with van der Waals surface area (Å²) in [6, 6.07) is 10.7. The number of rotatable bonds is 11. The Hall–Kier alpha value is -0.340. The fraction of sp³-hybridized carbons (Fsp3) is 0.647. The van der Waals surface area contributed by atoms with Crippen molar-refractivity contribution < 1.29 is 4.74 Å². The Morgan fingerprint density at radius 1 is 1.00 bits per heavy atom. The molecule has 0 aliphatic rings. The van der Waals surface area contributed by atoms with Crippen LogP contribution >= 0.6 is 15.9 Å². The molecule has 0 bridgehead atoms. The number of ether oxygens (including phenoxy) is 1. The van der Waals surface area contributed by atoms with Crippen LogP contribution < -0.4 is 0 Å². The molecular weight excluding hydrogens is 300 g/mol. The van der Waals surface area contributed by atoms with Crippen molar-refractivity contribution in [3.8, 4) is 0 Å². The number of hydrogen-bond acceptors (Lipinski definition) is 1. The molecule has 0 N–H and O–H groups in total. The second kappa shape index (κ2) is 11.5. The lowest BCUT2D eigenvalue weighted by atomic mass is 10.1. The molecule has 0 aliphatic carbocycles. The fourth-order valence-electron chi connectivity index (χ4n) is 2.10. The van der Waals surface area contributed by atoms with E-state index in [1.165, 1.54) is 50.5 Å². The first-order chi connectivity index (χ1) is 9.33. The molecule has 0 spiro atoms. The van der Waals surface area contributed by atoms with Crippen LogP contribution in [0.1, 0.15) is 57.4 Å². The second-order valence-corrected chi connectivity index (χ2v) is 6.09. The van der Waals surface area contributed by atoms with Crippen LogP contribution in [0.15, 0.2) is 30.3 Å². The van der Waals surface area contributed by atoms with Gasteiger partial charge in [-0.2, -0.15) is 0 Å². The Bertz CT molecular complexity index is 299. The van der Waals surface area contributed by atoms with E-state index in [2.05, 4.69) is 53.2 Å². The van der Waals surface area contributed by atoms with E-state index < -0.39 is 0 Å². The van der Waals surface area contributed by atoms with E-state index in [0.29, 0.717) is 0 Å². The minimum Gasteiger partial charge on any atom is -0.367 e. The molecule has 0 amide bonds. The summed E-state index contributed by atoms with van der Waals surface area (Å²) >= 11 is 3.59. The Morgan fingerprint density at radius 3 is 2.53 bits per heavy atom. The van der Waals surface area contributed by atoms with Crippen molar-refractivity contribution in [3.05, 3.63) is 35.9 Å². The summed E-state index contributed by atoms with van der Waals surface area (Å²) in [6.45, 7) is 3.12. The highest BCUT2D eigenvalue weighted by atomic mass is 79.9. The summed E-state index contributed by atoms with van der Waals surface area (Å²) in [7, 11) is 0. The minimum absolute atomic E-state index is 0.258. The maximum absolute atomic E-state index is 5.76. The molecule has 2 heteroatoms. The number of unbranched alkanes of at least 4 members (excludes halogenated alkanes) is 4. The molecule has 1 unspecified atom stereocenters. The van der Waals surface area contributed by atoms with Gasteiger partial charge < -0.3 is 4.74 Å². The van der Waals surface area contributed by atoms with Crippen molar-refractivity contribution in [1.82, 2.24) is 0 Å². The number of benzene rings is 1. The van der Waals surface area contributed by atoms with E-state index in [1.54, 1.807) is 0 Å². The van der Waals surface area contributed by atoms with Crippen LogP contribution in [0.5, 0.6) is 0 Å². The number of alkyl halides is 1. The molecular formula is C17H27BrO. The van der Waals surface area contributed by atoms with E-state index in [4.69, 9.17) is 4.74 Å². The molecule has 1 aromatic rings. The van der Waals surface area contributed by atoms with Gasteiger partial charge in [0.15, 0.2) is 0 Å². The van der Waals surface area contributed by atoms with Crippen molar-refractivity contribution in [2.75, 3.05) is 6.61 Å². The number of hydrogen-bond donors (Lipinski definition) is 0. The van der Waals surface area contributed by atoms with Crippen LogP contribution in [0, 0.1) is 0 Å². The lowest BCUT2D eigenvalue weighted by Crippen LogP contribution is -2.05. The molecule has 0 aromatic heterocycles. The molecule has 0 heterocycles. The van der Waals surface area contributed by atoms with Gasteiger partial charge in [-0.25, -0.2) is 0 Å². The predicted molar refractivity (Wildman–Crippen MR) is 86.8 cm³/mol. The van der Waals surface area contributed by atoms with Gasteiger partial charge in [0.05, 0.1) is 0 Å². The van der Waals surface area contributed by atoms with E-state index in [-0.39, 0.29) is 5.01 Å². The van der Waals surface area contributed by atoms with E-state index in [1.807, 2.05) is 0 Å². The van der Waals surface area contributed by atoms with Crippen LogP contribution in [0.25, 0.3) is 0 Å². The van der Waals surface area contributed by atoms with Crippen LogP contribution in [0.4, 0.5) is 0 Å². The average molecular weight is 327 g/mol. The molecule has 0 aliphatic heterocycles. The van der Waals surface area contributed by atoms with Crippen molar-refractivity contribution in [1.29, 1.82) is 0 Å². The molecule has 0 saturated carbocycles. The first kappa shape index (κ1) is 16.7. The van der Waals surface area contributed by atoms with Gasteiger partial charge in [-0.1, -0.05) is 72.4 Å². The Kier molecular flexibility index (Phi) is 10.1. The summed E-state index contributed by atoms with van der Waals surface area (Å²) in [5.41, 5.74) is 1.45. The summed E-state index contributed by atoms with van der Waals surface area (Å²) in [6.07, 6.45) is 9.86. The maximum atomic E-state index is 5.76. The van der Waals surface area contributed by atoms with Gasteiger partial charge in [-0.05, 0) is 37.7 Å². The third kappa shape index (κ3) is 9.23. The highest BCUT2D eigenvalue weighted by Gasteiger charge is 2.02. The van der Waals surface area contributed by atoms with Crippen LogP contribution in [-0.2, 0) is 11.2 Å². The van der Waals surface area contributed by atoms with Gasteiger partial charge in [-0.15, -0.1) is 0 Å². The molecule has 1 aromatic carbocycles. The summed E-state index contributed by atoms with van der Waals surface area (Å²) in [5.74, 6) is 0. The van der Waals surface area contributed by atoms with Crippen molar-refractivity contribution >= 4 is 15.9 Å². The lowest BCUT2D eigenvalue weighted by molar-refractivity contribution is 0.106. The third-order valence-corrected chi connectivity index (χ3v) is 4.01. The van der Waals surface area contributed by atoms with E-state index >= 15 is 0 Å². The van der Waals surface area contributed by atoms with Crippen LogP contribution in [0.2, 0.25) is 0 Å². The zero-order chi connectivity index (χ0) is 13.8. The number of aryl methyl sites for hydroxylation is 1. The van der Waals surface area contributed by atoms with Crippen molar-refractivity contribution in [2.45, 2.75) is 63.3 Å². The predicted octanol–water partition coefficient (Wildman–Crippen LogP) is 5.72. The molecule has 19 heavy (non-hydrogen) atoms. The summed E-state index contributed by atoms with van der Waals surface area (Å²) in [4.78, 5) is 0. The quantitative estimate of drug-likeness (QED) is 0.373. The minimum atomic E-state index is 0.258. The summed E-state index contributed by atoms with van der Waals surface area (Å²) in [5, 5.41) is 0.258. The Labute approximate surface area is 126 Å². The molecule has 1 rings (SSSR count). The SMILES string of the molecule is CCCCCC(Br)OCCCCCc1ccccc1. The molecule has 1 atom stereocenters. The van der Waals surface area contributed by atoms with Gasteiger partial charge >= 0.3 is 0 Å². The zero-order valence-corrected chi connectivity index (χ0v) is 13.7. The third-order valence-electron chi connectivity index (χ3n) is 3.29.